The second-order valence-electron chi connectivity index (χ2n) is 7.58. The van der Waals surface area contributed by atoms with E-state index in [0.717, 1.165) is 50.0 Å². The number of thiazole rings is 1. The third-order valence-electron chi connectivity index (χ3n) is 5.87. The minimum absolute atomic E-state index is 0.0194. The van der Waals surface area contributed by atoms with E-state index in [0.29, 0.717) is 6.54 Å². The Kier molecular flexibility index (Phi) is 4.80. The average molecular weight is 362 g/mol. The molecule has 1 amide bonds. The van der Waals surface area contributed by atoms with Crippen molar-refractivity contribution in [3.05, 3.63) is 15.6 Å². The summed E-state index contributed by atoms with van der Waals surface area (Å²) in [5.41, 5.74) is 0.744. The van der Waals surface area contributed by atoms with Gasteiger partial charge in [-0.25, -0.2) is 4.98 Å². The Morgan fingerprint density at radius 2 is 2.00 bits per heavy atom. The van der Waals surface area contributed by atoms with E-state index in [1.165, 1.54) is 29.8 Å². The van der Waals surface area contributed by atoms with Crippen LogP contribution in [-0.4, -0.2) is 29.0 Å². The molecule has 1 atom stereocenters. The van der Waals surface area contributed by atoms with Gasteiger partial charge < -0.3 is 10.1 Å². The predicted molar refractivity (Wildman–Crippen MR) is 95.5 cm³/mol. The summed E-state index contributed by atoms with van der Waals surface area (Å²) in [6.07, 6.45) is 10.7. The molecule has 0 radical (unpaired) electrons. The molecule has 4 rings (SSSR count). The minimum atomic E-state index is -0.528. The molecule has 1 aromatic heterocycles. The van der Waals surface area contributed by atoms with Gasteiger partial charge in [0.1, 0.15) is 5.60 Å². The van der Waals surface area contributed by atoms with Crippen LogP contribution in [0.15, 0.2) is 0 Å². The summed E-state index contributed by atoms with van der Waals surface area (Å²) in [6, 6.07) is 0. The van der Waals surface area contributed by atoms with Crippen molar-refractivity contribution >= 4 is 23.2 Å². The van der Waals surface area contributed by atoms with Crippen LogP contribution in [0.25, 0.3) is 0 Å². The highest BCUT2D eigenvalue weighted by molar-refractivity contribution is 7.11. The van der Waals surface area contributed by atoms with Gasteiger partial charge in [0, 0.05) is 17.8 Å². The largest absolute Gasteiger partial charge is 0.458 e. The van der Waals surface area contributed by atoms with Gasteiger partial charge in [-0.2, -0.15) is 0 Å². The molecule has 136 valence electrons. The zero-order chi connectivity index (χ0) is 17.3. The summed E-state index contributed by atoms with van der Waals surface area (Å²) >= 11 is 1.80. The highest BCUT2D eigenvalue weighted by Gasteiger charge is 2.52. The smallest absolute Gasteiger partial charge is 0.307 e. The van der Waals surface area contributed by atoms with Crippen molar-refractivity contribution in [3.63, 3.8) is 0 Å². The van der Waals surface area contributed by atoms with Crippen molar-refractivity contribution in [2.75, 3.05) is 6.54 Å². The standard InChI is InChI=1S/C19H26N2O3S/c22-17-12-13(19(24-17)9-4-1-5-10-19)18(23)20-11-8-16-21-14-6-2-3-7-15(14)25-16/h13H,1-12H2,(H,20,23)/t13-/m0/s1. The highest BCUT2D eigenvalue weighted by atomic mass is 32.1. The lowest BCUT2D eigenvalue weighted by Gasteiger charge is -2.36. The number of nitrogens with one attached hydrogen (secondary N) is 1. The molecule has 1 saturated carbocycles. The zero-order valence-corrected chi connectivity index (χ0v) is 15.5. The Morgan fingerprint density at radius 1 is 1.20 bits per heavy atom. The number of hydrogen-bond acceptors (Lipinski definition) is 5. The average Bonchev–Trinajstić information content (AvgIpc) is 3.16. The van der Waals surface area contributed by atoms with E-state index < -0.39 is 5.60 Å². The van der Waals surface area contributed by atoms with Gasteiger partial charge in [-0.05, 0) is 51.4 Å². The first kappa shape index (κ1) is 17.0. The van der Waals surface area contributed by atoms with Crippen LogP contribution in [0.2, 0.25) is 0 Å². The first-order valence-electron chi connectivity index (χ1n) is 9.63. The van der Waals surface area contributed by atoms with Crippen LogP contribution in [0.3, 0.4) is 0 Å². The Labute approximate surface area is 152 Å². The second-order valence-corrected chi connectivity index (χ2v) is 8.75. The fourth-order valence-corrected chi connectivity index (χ4v) is 5.71. The van der Waals surface area contributed by atoms with E-state index in [-0.39, 0.29) is 24.2 Å². The molecular formula is C19H26N2O3S. The molecule has 0 bridgehead atoms. The molecule has 1 spiro atoms. The number of rotatable bonds is 4. The maximum Gasteiger partial charge on any atom is 0.307 e. The molecule has 2 aliphatic carbocycles. The molecule has 1 aliphatic heterocycles. The van der Waals surface area contributed by atoms with Crippen molar-refractivity contribution in [1.29, 1.82) is 0 Å². The van der Waals surface area contributed by atoms with Crippen molar-refractivity contribution in [2.24, 2.45) is 5.92 Å². The summed E-state index contributed by atoms with van der Waals surface area (Å²) in [6.45, 7) is 0.589. The van der Waals surface area contributed by atoms with Gasteiger partial charge >= 0.3 is 5.97 Å². The zero-order valence-electron chi connectivity index (χ0n) is 14.6. The molecular weight excluding hydrogens is 336 g/mol. The lowest BCUT2D eigenvalue weighted by atomic mass is 9.75. The number of fused-ring (bicyclic) bond motifs is 1. The normalized spacial score (nSPS) is 24.8. The third kappa shape index (κ3) is 3.46. The van der Waals surface area contributed by atoms with Crippen LogP contribution >= 0.6 is 11.3 Å². The molecule has 2 fully saturated rings. The van der Waals surface area contributed by atoms with Crippen LogP contribution in [0, 0.1) is 5.92 Å². The first-order valence-corrected chi connectivity index (χ1v) is 10.4. The summed E-state index contributed by atoms with van der Waals surface area (Å²) in [5.74, 6) is -0.548. The van der Waals surface area contributed by atoms with Crippen molar-refractivity contribution in [3.8, 4) is 0 Å². The molecule has 25 heavy (non-hydrogen) atoms. The lowest BCUT2D eigenvalue weighted by molar-refractivity contribution is -0.153. The van der Waals surface area contributed by atoms with Crippen molar-refractivity contribution in [1.82, 2.24) is 10.3 Å². The molecule has 1 N–H and O–H groups in total. The Morgan fingerprint density at radius 3 is 2.80 bits per heavy atom. The van der Waals surface area contributed by atoms with Crippen molar-refractivity contribution in [2.45, 2.75) is 76.2 Å². The van der Waals surface area contributed by atoms with Gasteiger partial charge in [-0.1, -0.05) is 6.42 Å². The molecule has 1 aromatic rings. The first-order chi connectivity index (χ1) is 12.2. The molecule has 0 aromatic carbocycles. The Hall–Kier alpha value is -1.43. The van der Waals surface area contributed by atoms with Gasteiger partial charge in [-0.3, -0.25) is 9.59 Å². The number of ether oxygens (including phenoxy) is 1. The van der Waals surface area contributed by atoms with Crippen molar-refractivity contribution < 1.29 is 14.3 Å². The quantitative estimate of drug-likeness (QED) is 0.836. The van der Waals surface area contributed by atoms with Crippen LogP contribution in [0.4, 0.5) is 0 Å². The number of carbonyl (C=O) groups is 2. The molecule has 2 heterocycles. The van der Waals surface area contributed by atoms with Crippen LogP contribution in [0.1, 0.15) is 66.9 Å². The van der Waals surface area contributed by atoms with Gasteiger partial charge in [0.25, 0.3) is 0 Å². The van der Waals surface area contributed by atoms with Gasteiger partial charge in [0.05, 0.1) is 23.0 Å². The molecule has 1 saturated heterocycles. The SMILES string of the molecule is O=C1C[C@@H](C(=O)NCCc2nc3c(s2)CCCC3)C2(CCCCC2)O1. The van der Waals surface area contributed by atoms with Gasteiger partial charge in [0.15, 0.2) is 0 Å². The number of amides is 1. The van der Waals surface area contributed by atoms with Gasteiger partial charge in [0.2, 0.25) is 5.91 Å². The van der Waals surface area contributed by atoms with Crippen LogP contribution in [-0.2, 0) is 33.6 Å². The third-order valence-corrected chi connectivity index (χ3v) is 7.08. The minimum Gasteiger partial charge on any atom is -0.458 e. The molecule has 0 unspecified atom stereocenters. The molecule has 3 aliphatic rings. The van der Waals surface area contributed by atoms with Crippen LogP contribution in [0.5, 0.6) is 0 Å². The number of carbonyl (C=O) groups excluding carboxylic acids is 2. The lowest BCUT2D eigenvalue weighted by Crippen LogP contribution is -2.46. The fourth-order valence-electron chi connectivity index (χ4n) is 4.55. The van der Waals surface area contributed by atoms with E-state index in [2.05, 4.69) is 5.32 Å². The number of aromatic nitrogens is 1. The number of nitrogens with zero attached hydrogens (tertiary/aromatic N) is 1. The van der Waals surface area contributed by atoms with E-state index in [1.807, 2.05) is 0 Å². The Balaban J connectivity index is 1.33. The highest BCUT2D eigenvalue weighted by Crippen LogP contribution is 2.44. The van der Waals surface area contributed by atoms with Crippen LogP contribution < -0.4 is 5.32 Å². The van der Waals surface area contributed by atoms with E-state index in [9.17, 15) is 9.59 Å². The van der Waals surface area contributed by atoms with E-state index >= 15 is 0 Å². The fraction of sp³-hybridized carbons (Fsp3) is 0.737. The Bertz CT molecular complexity index is 640. The second kappa shape index (κ2) is 7.06. The maximum atomic E-state index is 12.7. The summed E-state index contributed by atoms with van der Waals surface area (Å²) in [5, 5.41) is 4.16. The van der Waals surface area contributed by atoms with E-state index in [4.69, 9.17) is 9.72 Å². The topological polar surface area (TPSA) is 68.3 Å². The number of aryl methyl sites for hydroxylation is 2. The predicted octanol–water partition coefficient (Wildman–Crippen LogP) is 2.95. The monoisotopic (exact) mass is 362 g/mol. The molecule has 5 nitrogen and oxygen atoms in total. The molecule has 6 heteroatoms. The van der Waals surface area contributed by atoms with E-state index in [1.54, 1.807) is 11.3 Å². The maximum absolute atomic E-state index is 12.7. The summed E-state index contributed by atoms with van der Waals surface area (Å²) in [4.78, 5) is 30.7. The van der Waals surface area contributed by atoms with Gasteiger partial charge in [-0.15, -0.1) is 11.3 Å². The number of hydrogen-bond donors (Lipinski definition) is 1. The summed E-state index contributed by atoms with van der Waals surface area (Å²) < 4.78 is 5.63. The summed E-state index contributed by atoms with van der Waals surface area (Å²) in [7, 11) is 0. The number of esters is 1.